The Morgan fingerprint density at radius 1 is 1.04 bits per heavy atom. The van der Waals surface area contributed by atoms with Crippen molar-refractivity contribution in [2.45, 2.75) is 20.0 Å². The second kappa shape index (κ2) is 7.65. The summed E-state index contributed by atoms with van der Waals surface area (Å²) in [5, 5.41) is 0.309. The van der Waals surface area contributed by atoms with E-state index in [4.69, 9.17) is 16.3 Å². The Balaban J connectivity index is 1.87. The molecule has 23 heavy (non-hydrogen) atoms. The molecule has 2 N–H and O–H groups in total. The molecule has 2 aromatic carbocycles. The third kappa shape index (κ3) is 4.72. The fourth-order valence-electron chi connectivity index (χ4n) is 1.81. The van der Waals surface area contributed by atoms with Gasteiger partial charge in [0.05, 0.1) is 10.6 Å². The topological polar surface area (TPSA) is 67.4 Å². The van der Waals surface area contributed by atoms with Crippen molar-refractivity contribution in [3.8, 4) is 5.75 Å². The van der Waals surface area contributed by atoms with Crippen LogP contribution < -0.4 is 15.6 Å². The van der Waals surface area contributed by atoms with Crippen molar-refractivity contribution >= 4 is 23.4 Å². The van der Waals surface area contributed by atoms with E-state index in [1.807, 2.05) is 19.1 Å². The molecule has 2 amide bonds. The first-order chi connectivity index (χ1) is 11.0. The van der Waals surface area contributed by atoms with Crippen LogP contribution in [0.2, 0.25) is 5.02 Å². The fraction of sp³-hybridized carbons (Fsp3) is 0.176. The summed E-state index contributed by atoms with van der Waals surface area (Å²) in [5.41, 5.74) is 6.01. The van der Waals surface area contributed by atoms with Gasteiger partial charge in [-0.2, -0.15) is 0 Å². The predicted octanol–water partition coefficient (Wildman–Crippen LogP) is 2.88. The number of hydrogen-bond acceptors (Lipinski definition) is 3. The minimum Gasteiger partial charge on any atom is -0.481 e. The summed E-state index contributed by atoms with van der Waals surface area (Å²) in [5.74, 6) is -0.381. The van der Waals surface area contributed by atoms with Crippen LogP contribution in [0.3, 0.4) is 0 Å². The highest BCUT2D eigenvalue weighted by atomic mass is 35.5. The van der Waals surface area contributed by atoms with Gasteiger partial charge in [0.1, 0.15) is 5.75 Å². The van der Waals surface area contributed by atoms with E-state index in [-0.39, 0.29) is 5.56 Å². The van der Waals surface area contributed by atoms with Crippen LogP contribution in [-0.2, 0) is 4.79 Å². The average molecular weight is 333 g/mol. The molecule has 2 aromatic rings. The van der Waals surface area contributed by atoms with Gasteiger partial charge < -0.3 is 4.74 Å². The van der Waals surface area contributed by atoms with Crippen molar-refractivity contribution in [1.29, 1.82) is 0 Å². The Labute approximate surface area is 139 Å². The maximum Gasteiger partial charge on any atom is 0.279 e. The SMILES string of the molecule is Cc1ccc(O[C@H](C)C(=O)NNC(=O)c2ccccc2Cl)cc1. The van der Waals surface area contributed by atoms with Crippen LogP contribution in [0.15, 0.2) is 48.5 Å². The molecule has 0 spiro atoms. The quantitative estimate of drug-likeness (QED) is 0.846. The van der Waals surface area contributed by atoms with Gasteiger partial charge in [-0.15, -0.1) is 0 Å². The van der Waals surface area contributed by atoms with Crippen molar-refractivity contribution in [1.82, 2.24) is 10.9 Å². The molecule has 2 rings (SSSR count). The molecule has 0 unspecified atom stereocenters. The lowest BCUT2D eigenvalue weighted by Gasteiger charge is -2.15. The van der Waals surface area contributed by atoms with E-state index in [0.717, 1.165) is 5.56 Å². The highest BCUT2D eigenvalue weighted by molar-refractivity contribution is 6.33. The molecule has 0 aliphatic heterocycles. The fourth-order valence-corrected chi connectivity index (χ4v) is 2.03. The summed E-state index contributed by atoms with van der Waals surface area (Å²) < 4.78 is 5.50. The summed E-state index contributed by atoms with van der Waals surface area (Å²) in [6, 6.07) is 13.9. The van der Waals surface area contributed by atoms with Crippen molar-refractivity contribution in [2.75, 3.05) is 0 Å². The standard InChI is InChI=1S/C17H17ClN2O3/c1-11-7-9-13(10-8-11)23-12(2)16(21)19-20-17(22)14-5-3-4-6-15(14)18/h3-10,12H,1-2H3,(H,19,21)(H,20,22)/t12-/m1/s1. The van der Waals surface area contributed by atoms with Gasteiger partial charge in [-0.25, -0.2) is 0 Å². The lowest BCUT2D eigenvalue weighted by atomic mass is 10.2. The van der Waals surface area contributed by atoms with Crippen LogP contribution in [-0.4, -0.2) is 17.9 Å². The predicted molar refractivity (Wildman–Crippen MR) is 88.3 cm³/mol. The van der Waals surface area contributed by atoms with Gasteiger partial charge in [0, 0.05) is 0 Å². The number of nitrogens with one attached hydrogen (secondary N) is 2. The van der Waals surface area contributed by atoms with Crippen molar-refractivity contribution in [3.05, 3.63) is 64.7 Å². The maximum atomic E-state index is 12.0. The van der Waals surface area contributed by atoms with E-state index in [0.29, 0.717) is 10.8 Å². The van der Waals surface area contributed by atoms with Gasteiger partial charge in [-0.05, 0) is 38.1 Å². The molecule has 0 aliphatic rings. The van der Waals surface area contributed by atoms with Gasteiger partial charge in [0.15, 0.2) is 6.10 Å². The molecule has 5 nitrogen and oxygen atoms in total. The van der Waals surface area contributed by atoms with Gasteiger partial charge in [0.25, 0.3) is 11.8 Å². The molecule has 0 aromatic heterocycles. The first-order valence-corrected chi connectivity index (χ1v) is 7.43. The lowest BCUT2D eigenvalue weighted by Crippen LogP contribution is -2.47. The Bertz CT molecular complexity index is 701. The number of aryl methyl sites for hydroxylation is 1. The van der Waals surface area contributed by atoms with Crippen LogP contribution in [0.4, 0.5) is 0 Å². The summed E-state index contributed by atoms with van der Waals surface area (Å²) in [7, 11) is 0. The molecule has 0 heterocycles. The monoisotopic (exact) mass is 332 g/mol. The third-order valence-corrected chi connectivity index (χ3v) is 3.45. The molecule has 0 fully saturated rings. The largest absolute Gasteiger partial charge is 0.481 e. The molecular formula is C17H17ClN2O3. The van der Waals surface area contributed by atoms with E-state index in [2.05, 4.69) is 10.9 Å². The second-order valence-corrected chi connectivity index (χ2v) is 5.40. The maximum absolute atomic E-state index is 12.0. The number of rotatable bonds is 4. The van der Waals surface area contributed by atoms with Crippen LogP contribution in [0.25, 0.3) is 0 Å². The molecule has 0 bridgehead atoms. The van der Waals surface area contributed by atoms with Gasteiger partial charge in [0.2, 0.25) is 0 Å². The molecule has 1 atom stereocenters. The number of amides is 2. The first kappa shape index (κ1) is 16.8. The number of hydrogen-bond donors (Lipinski definition) is 2. The Kier molecular flexibility index (Phi) is 5.60. The first-order valence-electron chi connectivity index (χ1n) is 7.05. The molecule has 0 radical (unpaired) electrons. The lowest BCUT2D eigenvalue weighted by molar-refractivity contribution is -0.128. The Morgan fingerprint density at radius 2 is 1.70 bits per heavy atom. The zero-order chi connectivity index (χ0) is 16.8. The number of carbonyl (C=O) groups is 2. The number of hydrazine groups is 1. The second-order valence-electron chi connectivity index (χ2n) is 5.00. The van der Waals surface area contributed by atoms with Gasteiger partial charge >= 0.3 is 0 Å². The minimum absolute atomic E-state index is 0.279. The molecule has 0 aliphatic carbocycles. The summed E-state index contributed by atoms with van der Waals surface area (Å²) in [4.78, 5) is 23.9. The smallest absolute Gasteiger partial charge is 0.279 e. The van der Waals surface area contributed by atoms with Crippen LogP contribution in [0.5, 0.6) is 5.75 Å². The van der Waals surface area contributed by atoms with E-state index in [1.54, 1.807) is 43.3 Å². The van der Waals surface area contributed by atoms with Crippen molar-refractivity contribution in [3.63, 3.8) is 0 Å². The van der Waals surface area contributed by atoms with Crippen LogP contribution >= 0.6 is 11.6 Å². The molecule has 0 saturated heterocycles. The van der Waals surface area contributed by atoms with E-state index in [1.165, 1.54) is 0 Å². The van der Waals surface area contributed by atoms with E-state index in [9.17, 15) is 9.59 Å². The number of carbonyl (C=O) groups excluding carboxylic acids is 2. The Hall–Kier alpha value is -2.53. The van der Waals surface area contributed by atoms with Crippen molar-refractivity contribution < 1.29 is 14.3 Å². The summed E-state index contributed by atoms with van der Waals surface area (Å²) in [6.45, 7) is 3.56. The number of benzene rings is 2. The molecule has 120 valence electrons. The van der Waals surface area contributed by atoms with Gasteiger partial charge in [-0.3, -0.25) is 20.4 Å². The summed E-state index contributed by atoms with van der Waals surface area (Å²) in [6.07, 6.45) is -0.760. The minimum atomic E-state index is -0.760. The van der Waals surface area contributed by atoms with Crippen LogP contribution in [0, 0.1) is 6.92 Å². The molecular weight excluding hydrogens is 316 g/mol. The normalized spacial score (nSPS) is 11.4. The number of halogens is 1. The third-order valence-electron chi connectivity index (χ3n) is 3.12. The zero-order valence-electron chi connectivity index (χ0n) is 12.8. The van der Waals surface area contributed by atoms with E-state index < -0.39 is 17.9 Å². The number of ether oxygens (including phenoxy) is 1. The summed E-state index contributed by atoms with van der Waals surface area (Å²) >= 11 is 5.92. The highest BCUT2D eigenvalue weighted by Gasteiger charge is 2.16. The highest BCUT2D eigenvalue weighted by Crippen LogP contribution is 2.14. The molecule has 6 heteroatoms. The van der Waals surface area contributed by atoms with E-state index >= 15 is 0 Å². The van der Waals surface area contributed by atoms with Crippen LogP contribution in [0.1, 0.15) is 22.8 Å². The van der Waals surface area contributed by atoms with Gasteiger partial charge in [-0.1, -0.05) is 41.4 Å². The zero-order valence-corrected chi connectivity index (χ0v) is 13.6. The average Bonchev–Trinajstić information content (AvgIpc) is 2.54. The molecule has 0 saturated carbocycles. The van der Waals surface area contributed by atoms with Crippen molar-refractivity contribution in [2.24, 2.45) is 0 Å². The Morgan fingerprint density at radius 3 is 2.35 bits per heavy atom.